The number of benzene rings is 2. The molecule has 2 aromatic carbocycles. The van der Waals surface area contributed by atoms with Crippen molar-refractivity contribution < 1.29 is 18.3 Å². The zero-order valence-electron chi connectivity index (χ0n) is 19.9. The summed E-state index contributed by atoms with van der Waals surface area (Å²) < 4.78 is 27.0. The highest BCUT2D eigenvalue weighted by Crippen LogP contribution is 2.44. The molecule has 1 amide bonds. The van der Waals surface area contributed by atoms with E-state index in [4.69, 9.17) is 21.4 Å². The molecule has 188 valence electrons. The predicted molar refractivity (Wildman–Crippen MR) is 147 cm³/mol. The number of methoxy groups -OCH3 is 1. The van der Waals surface area contributed by atoms with Gasteiger partial charge in [0.2, 0.25) is 5.91 Å². The zero-order valence-corrected chi connectivity index (χ0v) is 22.3. The molecule has 2 atom stereocenters. The van der Waals surface area contributed by atoms with Gasteiger partial charge in [-0.15, -0.1) is 0 Å². The summed E-state index contributed by atoms with van der Waals surface area (Å²) in [6, 6.07) is 18.6. The van der Waals surface area contributed by atoms with E-state index in [9.17, 15) is 9.18 Å². The van der Waals surface area contributed by atoms with Crippen LogP contribution in [0.4, 0.5) is 15.8 Å². The Bertz CT molecular complexity index is 1480. The number of halogens is 2. The van der Waals surface area contributed by atoms with Crippen molar-refractivity contribution in [2.45, 2.75) is 19.0 Å². The summed E-state index contributed by atoms with van der Waals surface area (Å²) in [5.74, 6) is 0.848. The fourth-order valence-corrected chi connectivity index (χ4v) is 5.08. The van der Waals surface area contributed by atoms with Crippen LogP contribution < -0.4 is 20.3 Å². The third-order valence-corrected chi connectivity index (χ3v) is 6.79. The molecule has 2 unspecified atom stereocenters. The number of anilines is 2. The molecule has 2 aromatic heterocycles. The quantitative estimate of drug-likeness (QED) is 0.256. The number of ether oxygens (including phenoxy) is 1. The second-order valence-corrected chi connectivity index (χ2v) is 9.69. The van der Waals surface area contributed by atoms with Crippen LogP contribution in [0.3, 0.4) is 0 Å². The molecular weight excluding hydrogens is 559 g/mol. The number of amides is 1. The van der Waals surface area contributed by atoms with Crippen LogP contribution in [0.25, 0.3) is 11.3 Å². The molecule has 1 fully saturated rings. The fourth-order valence-electron chi connectivity index (χ4n) is 4.40. The molecule has 2 N–H and O–H groups in total. The molecule has 0 saturated carbocycles. The highest BCUT2D eigenvalue weighted by Gasteiger charge is 2.43. The van der Waals surface area contributed by atoms with Gasteiger partial charge in [0.15, 0.2) is 5.11 Å². The van der Waals surface area contributed by atoms with Gasteiger partial charge in [-0.1, -0.05) is 22.0 Å². The van der Waals surface area contributed by atoms with Crippen LogP contribution in [0.1, 0.15) is 30.5 Å². The Hall–Kier alpha value is -3.76. The van der Waals surface area contributed by atoms with E-state index in [0.29, 0.717) is 43.8 Å². The minimum atomic E-state index is -0.451. The van der Waals surface area contributed by atoms with Gasteiger partial charge in [-0.3, -0.25) is 9.78 Å². The lowest BCUT2D eigenvalue weighted by Gasteiger charge is -2.27. The van der Waals surface area contributed by atoms with Crippen molar-refractivity contribution in [2.24, 2.45) is 0 Å². The molecule has 37 heavy (non-hydrogen) atoms. The van der Waals surface area contributed by atoms with Gasteiger partial charge in [-0.25, -0.2) is 4.39 Å². The Balaban J connectivity index is 1.61. The largest absolute Gasteiger partial charge is 0.495 e. The lowest BCUT2D eigenvalue weighted by atomic mass is 10.0. The molecule has 3 heterocycles. The van der Waals surface area contributed by atoms with Crippen LogP contribution >= 0.6 is 28.1 Å². The monoisotopic (exact) mass is 580 g/mol. The molecule has 7 nitrogen and oxygen atoms in total. The first-order valence-corrected chi connectivity index (χ1v) is 12.6. The van der Waals surface area contributed by atoms with Crippen LogP contribution in [0.15, 0.2) is 81.8 Å². The molecule has 10 heteroatoms. The Labute approximate surface area is 226 Å². The second-order valence-electron chi connectivity index (χ2n) is 8.39. The van der Waals surface area contributed by atoms with Gasteiger partial charge >= 0.3 is 0 Å². The van der Waals surface area contributed by atoms with Crippen LogP contribution in [0.5, 0.6) is 5.75 Å². The predicted octanol–water partition coefficient (Wildman–Crippen LogP) is 6.39. The smallest absolute Gasteiger partial charge is 0.221 e. The van der Waals surface area contributed by atoms with E-state index in [1.165, 1.54) is 20.1 Å². The van der Waals surface area contributed by atoms with Crippen molar-refractivity contribution in [1.29, 1.82) is 0 Å². The maximum absolute atomic E-state index is 14.7. The average molecular weight is 581 g/mol. The van der Waals surface area contributed by atoms with E-state index in [2.05, 4.69) is 31.5 Å². The summed E-state index contributed by atoms with van der Waals surface area (Å²) in [6.07, 6.45) is 1.72. The average Bonchev–Trinajstić information content (AvgIpc) is 3.48. The number of pyridine rings is 1. The van der Waals surface area contributed by atoms with Crippen molar-refractivity contribution in [1.82, 2.24) is 10.3 Å². The number of nitrogens with zero attached hydrogens (tertiary/aromatic N) is 2. The van der Waals surface area contributed by atoms with E-state index in [1.54, 1.807) is 36.5 Å². The summed E-state index contributed by atoms with van der Waals surface area (Å²) in [7, 11) is 1.54. The molecule has 4 aromatic rings. The topological polar surface area (TPSA) is 79.6 Å². The van der Waals surface area contributed by atoms with E-state index in [0.717, 1.165) is 5.69 Å². The summed E-state index contributed by atoms with van der Waals surface area (Å²) in [5, 5.41) is 6.61. The molecule has 1 aliphatic rings. The first kappa shape index (κ1) is 24.9. The standard InChI is InChI=1S/C27H22BrFN4O3S/c1-15(34)31-21-14-17(7-9-23(21)35-2)33-26(25(32-27(33)37)20-5-3-4-12-30-20)24-11-10-22(36-24)18-8-6-16(28)13-19(18)29/h3-14,25-26H,1-2H3,(H,31,34)(H,32,37). The molecule has 0 bridgehead atoms. The Morgan fingerprint density at radius 2 is 2.03 bits per heavy atom. The number of rotatable bonds is 6. The normalized spacial score (nSPS) is 17.0. The lowest BCUT2D eigenvalue weighted by Crippen LogP contribution is -2.29. The Morgan fingerprint density at radius 1 is 1.19 bits per heavy atom. The summed E-state index contributed by atoms with van der Waals surface area (Å²) in [4.78, 5) is 18.3. The van der Waals surface area contributed by atoms with E-state index in [1.807, 2.05) is 35.2 Å². The fraction of sp³-hybridized carbons (Fsp3) is 0.148. The number of furan rings is 1. The first-order chi connectivity index (χ1) is 17.9. The molecule has 1 saturated heterocycles. The number of aromatic nitrogens is 1. The highest BCUT2D eigenvalue weighted by molar-refractivity contribution is 9.10. The van der Waals surface area contributed by atoms with Crippen LogP contribution in [0.2, 0.25) is 0 Å². The van der Waals surface area contributed by atoms with Crippen molar-refractivity contribution in [2.75, 3.05) is 17.3 Å². The van der Waals surface area contributed by atoms with E-state index < -0.39 is 11.9 Å². The van der Waals surface area contributed by atoms with Crippen LogP contribution in [0, 0.1) is 5.82 Å². The lowest BCUT2D eigenvalue weighted by molar-refractivity contribution is -0.114. The van der Waals surface area contributed by atoms with Gasteiger partial charge in [0.1, 0.15) is 29.1 Å². The minimum Gasteiger partial charge on any atom is -0.495 e. The second kappa shape index (κ2) is 10.3. The van der Waals surface area contributed by atoms with Crippen molar-refractivity contribution >= 4 is 50.5 Å². The first-order valence-electron chi connectivity index (χ1n) is 11.4. The third-order valence-electron chi connectivity index (χ3n) is 5.98. The summed E-state index contributed by atoms with van der Waals surface area (Å²) in [5.41, 5.74) is 2.33. The molecule has 0 spiro atoms. The molecular formula is C27H22BrFN4O3S. The van der Waals surface area contributed by atoms with Gasteiger partial charge in [0.05, 0.1) is 30.1 Å². The SMILES string of the molecule is COc1ccc(N2C(=S)NC(c3ccccn3)C2c2ccc(-c3ccc(Br)cc3F)o2)cc1NC(C)=O. The van der Waals surface area contributed by atoms with Gasteiger partial charge in [-0.05, 0) is 72.9 Å². The van der Waals surface area contributed by atoms with E-state index >= 15 is 0 Å². The maximum atomic E-state index is 14.7. The van der Waals surface area contributed by atoms with Crippen molar-refractivity contribution in [3.05, 3.63) is 94.7 Å². The van der Waals surface area contributed by atoms with Gasteiger partial charge in [0.25, 0.3) is 0 Å². The number of thiocarbonyl (C=S) groups is 1. The van der Waals surface area contributed by atoms with Gasteiger partial charge < -0.3 is 24.7 Å². The minimum absolute atomic E-state index is 0.229. The number of hydrogen-bond donors (Lipinski definition) is 2. The molecule has 0 radical (unpaired) electrons. The zero-order chi connectivity index (χ0) is 26.1. The number of carbonyl (C=O) groups excluding carboxylic acids is 1. The number of carbonyl (C=O) groups is 1. The van der Waals surface area contributed by atoms with Crippen molar-refractivity contribution in [3.8, 4) is 17.1 Å². The van der Waals surface area contributed by atoms with Crippen LogP contribution in [-0.4, -0.2) is 23.1 Å². The van der Waals surface area contributed by atoms with Gasteiger partial charge in [0, 0.05) is 23.3 Å². The van der Waals surface area contributed by atoms with Gasteiger partial charge in [-0.2, -0.15) is 0 Å². The number of nitrogens with one attached hydrogen (secondary N) is 2. The van der Waals surface area contributed by atoms with Crippen LogP contribution in [-0.2, 0) is 4.79 Å². The number of hydrogen-bond acceptors (Lipinski definition) is 5. The maximum Gasteiger partial charge on any atom is 0.221 e. The Kier molecular flexibility index (Phi) is 6.94. The molecule has 0 aliphatic carbocycles. The molecule has 5 rings (SSSR count). The molecule has 1 aliphatic heterocycles. The summed E-state index contributed by atoms with van der Waals surface area (Å²) >= 11 is 9.06. The Morgan fingerprint density at radius 3 is 2.73 bits per heavy atom. The van der Waals surface area contributed by atoms with E-state index in [-0.39, 0.29) is 11.9 Å². The summed E-state index contributed by atoms with van der Waals surface area (Å²) in [6.45, 7) is 1.43. The highest BCUT2D eigenvalue weighted by atomic mass is 79.9. The van der Waals surface area contributed by atoms with Crippen molar-refractivity contribution in [3.63, 3.8) is 0 Å². The third kappa shape index (κ3) is 4.94.